The Bertz CT molecular complexity index is 1010. The molecule has 132 valence electrons. The molecule has 3 aromatic rings. The van der Waals surface area contributed by atoms with Crippen LogP contribution in [0.3, 0.4) is 0 Å². The van der Waals surface area contributed by atoms with E-state index in [9.17, 15) is 0 Å². The molecule has 0 saturated heterocycles. The maximum Gasteiger partial charge on any atom is 0.212 e. The lowest BCUT2D eigenvalue weighted by Gasteiger charge is -2.28. The van der Waals surface area contributed by atoms with Crippen LogP contribution in [0.1, 0.15) is 37.6 Å². The molecule has 1 aromatic heterocycles. The number of aromatic nitrogens is 1. The average molecular weight is 343 g/mol. The zero-order valence-electron chi connectivity index (χ0n) is 16.3. The quantitative estimate of drug-likeness (QED) is 0.597. The minimum Gasteiger partial charge on any atom is -0.371 e. The minimum atomic E-state index is 0.168. The fraction of sp³-hybridized carbons (Fsp3) is 0.292. The normalized spacial score (nSPS) is 18.7. The molecule has 1 aliphatic rings. The highest BCUT2D eigenvalue weighted by Gasteiger charge is 2.39. The molecule has 1 unspecified atom stereocenters. The van der Waals surface area contributed by atoms with Crippen LogP contribution >= 0.6 is 0 Å². The molecule has 0 bridgehead atoms. The van der Waals surface area contributed by atoms with Gasteiger partial charge in [-0.05, 0) is 48.4 Å². The maximum absolute atomic E-state index is 2.40. The summed E-state index contributed by atoms with van der Waals surface area (Å²) in [6, 6.07) is 20.2. The van der Waals surface area contributed by atoms with Crippen LogP contribution in [0.25, 0.3) is 23.1 Å². The first kappa shape index (κ1) is 16.8. The van der Waals surface area contributed by atoms with Crippen molar-refractivity contribution in [1.82, 2.24) is 0 Å². The van der Waals surface area contributed by atoms with Gasteiger partial charge in [0.25, 0.3) is 0 Å². The van der Waals surface area contributed by atoms with E-state index < -0.39 is 0 Å². The van der Waals surface area contributed by atoms with E-state index in [0.717, 1.165) is 0 Å². The first-order valence-corrected chi connectivity index (χ1v) is 9.33. The summed E-state index contributed by atoms with van der Waals surface area (Å²) < 4.78 is 2.25. The molecule has 0 radical (unpaired) electrons. The third-order valence-corrected chi connectivity index (χ3v) is 6.29. The van der Waals surface area contributed by atoms with Gasteiger partial charge in [0.2, 0.25) is 11.2 Å². The van der Waals surface area contributed by atoms with E-state index >= 15 is 0 Å². The summed E-state index contributed by atoms with van der Waals surface area (Å²) in [5.41, 5.74) is 6.68. The zero-order chi connectivity index (χ0) is 18.5. The van der Waals surface area contributed by atoms with Crippen LogP contribution in [0.5, 0.6) is 0 Å². The lowest BCUT2D eigenvalue weighted by molar-refractivity contribution is -0.646. The molecule has 26 heavy (non-hydrogen) atoms. The second-order valence-corrected chi connectivity index (χ2v) is 7.99. The second kappa shape index (κ2) is 5.98. The van der Waals surface area contributed by atoms with Gasteiger partial charge in [-0.25, -0.2) is 0 Å². The number of aryl methyl sites for hydroxylation is 1. The van der Waals surface area contributed by atoms with Crippen molar-refractivity contribution in [2.45, 2.75) is 32.2 Å². The van der Waals surface area contributed by atoms with Crippen LogP contribution < -0.4 is 9.47 Å². The summed E-state index contributed by atoms with van der Waals surface area (Å²) in [5, 5.41) is 1.27. The largest absolute Gasteiger partial charge is 0.371 e. The van der Waals surface area contributed by atoms with Crippen LogP contribution in [0.4, 0.5) is 5.69 Å². The molecule has 0 spiro atoms. The number of anilines is 1. The second-order valence-electron chi connectivity index (χ2n) is 7.99. The standard InChI is InChI=1S/C24H27N2/c1-17-24(2,3)21-16-18(11-15-23(21)25(17)4)10-13-20-14-12-19-8-6-7-9-22(19)26(20)5/h6-17H,1-5H3/q+1. The van der Waals surface area contributed by atoms with Gasteiger partial charge in [0, 0.05) is 47.8 Å². The average Bonchev–Trinajstić information content (AvgIpc) is 2.82. The number of pyridine rings is 1. The van der Waals surface area contributed by atoms with Gasteiger partial charge >= 0.3 is 0 Å². The molecule has 0 N–H and O–H groups in total. The number of fused-ring (bicyclic) bond motifs is 2. The number of rotatable bonds is 2. The Morgan fingerprint density at radius 2 is 1.77 bits per heavy atom. The van der Waals surface area contributed by atoms with Gasteiger partial charge in [0.1, 0.15) is 7.05 Å². The smallest absolute Gasteiger partial charge is 0.212 e. The van der Waals surface area contributed by atoms with Crippen LogP contribution in [-0.4, -0.2) is 13.1 Å². The summed E-state index contributed by atoms with van der Waals surface area (Å²) in [5.74, 6) is 0. The molecule has 2 aromatic carbocycles. The summed E-state index contributed by atoms with van der Waals surface area (Å²) in [6.07, 6.45) is 4.44. The first-order valence-electron chi connectivity index (χ1n) is 9.33. The van der Waals surface area contributed by atoms with Gasteiger partial charge in [0.15, 0.2) is 0 Å². The highest BCUT2D eigenvalue weighted by Crippen LogP contribution is 2.44. The number of para-hydroxylation sites is 1. The molecule has 2 heteroatoms. The molecule has 2 heterocycles. The van der Waals surface area contributed by atoms with E-state index in [4.69, 9.17) is 0 Å². The SMILES string of the molecule is CC1N(C)c2ccc(C=Cc3ccc4ccccc4[n+]3C)cc2C1(C)C. The molecular weight excluding hydrogens is 316 g/mol. The fourth-order valence-electron chi connectivity index (χ4n) is 4.11. The van der Waals surface area contributed by atoms with E-state index in [-0.39, 0.29) is 5.41 Å². The Morgan fingerprint density at radius 1 is 1.00 bits per heavy atom. The Hall–Kier alpha value is -2.61. The maximum atomic E-state index is 2.40. The topological polar surface area (TPSA) is 7.12 Å². The van der Waals surface area contributed by atoms with Gasteiger partial charge in [-0.3, -0.25) is 0 Å². The third kappa shape index (κ3) is 2.52. The monoisotopic (exact) mass is 343 g/mol. The number of hydrogen-bond donors (Lipinski definition) is 0. The Kier molecular flexibility index (Phi) is 3.87. The van der Waals surface area contributed by atoms with Crippen LogP contribution in [0.15, 0.2) is 54.6 Å². The number of hydrogen-bond acceptors (Lipinski definition) is 1. The van der Waals surface area contributed by atoms with E-state index in [1.165, 1.54) is 33.4 Å². The van der Waals surface area contributed by atoms with Crippen molar-refractivity contribution in [1.29, 1.82) is 0 Å². The van der Waals surface area contributed by atoms with Crippen molar-refractivity contribution >= 4 is 28.7 Å². The predicted molar refractivity (Wildman–Crippen MR) is 111 cm³/mol. The van der Waals surface area contributed by atoms with E-state index in [0.29, 0.717) is 6.04 Å². The third-order valence-electron chi connectivity index (χ3n) is 6.29. The number of nitrogens with zero attached hydrogens (tertiary/aromatic N) is 2. The van der Waals surface area contributed by atoms with Crippen LogP contribution in [0, 0.1) is 0 Å². The van der Waals surface area contributed by atoms with Crippen molar-refractivity contribution < 1.29 is 4.57 Å². The molecule has 0 fully saturated rings. The minimum absolute atomic E-state index is 0.168. The Balaban J connectivity index is 1.71. The molecule has 4 rings (SSSR count). The summed E-state index contributed by atoms with van der Waals surface area (Å²) in [6.45, 7) is 7.00. The van der Waals surface area contributed by atoms with E-state index in [2.05, 4.69) is 111 Å². The van der Waals surface area contributed by atoms with Gasteiger partial charge < -0.3 is 4.90 Å². The summed E-state index contributed by atoms with van der Waals surface area (Å²) in [7, 11) is 4.33. The van der Waals surface area contributed by atoms with Crippen molar-refractivity contribution in [3.05, 3.63) is 71.4 Å². The van der Waals surface area contributed by atoms with Gasteiger partial charge in [-0.2, -0.15) is 4.57 Å². The molecule has 1 atom stereocenters. The van der Waals surface area contributed by atoms with Crippen molar-refractivity contribution in [2.75, 3.05) is 11.9 Å². The lowest BCUT2D eigenvalue weighted by atomic mass is 9.81. The van der Waals surface area contributed by atoms with Crippen molar-refractivity contribution in [2.24, 2.45) is 7.05 Å². The van der Waals surface area contributed by atoms with Crippen molar-refractivity contribution in [3.8, 4) is 0 Å². The fourth-order valence-corrected chi connectivity index (χ4v) is 4.11. The molecule has 0 saturated carbocycles. The molecule has 0 amide bonds. The Labute approximate surface area is 156 Å². The zero-order valence-corrected chi connectivity index (χ0v) is 16.3. The first-order chi connectivity index (χ1) is 12.4. The summed E-state index contributed by atoms with van der Waals surface area (Å²) >= 11 is 0. The number of likely N-dealkylation sites (N-methyl/N-ethyl adjacent to an activating group) is 1. The number of benzene rings is 2. The Morgan fingerprint density at radius 3 is 2.58 bits per heavy atom. The van der Waals surface area contributed by atoms with Gasteiger partial charge in [-0.15, -0.1) is 0 Å². The molecule has 1 aliphatic heterocycles. The predicted octanol–water partition coefficient (Wildman–Crippen LogP) is 4.95. The lowest BCUT2D eigenvalue weighted by Crippen LogP contribution is -2.36. The van der Waals surface area contributed by atoms with Gasteiger partial charge in [-0.1, -0.05) is 32.0 Å². The van der Waals surface area contributed by atoms with Gasteiger partial charge in [0.05, 0.1) is 0 Å². The highest BCUT2D eigenvalue weighted by atomic mass is 15.2. The molecule has 2 nitrogen and oxygen atoms in total. The van der Waals surface area contributed by atoms with E-state index in [1.807, 2.05) is 0 Å². The molecular formula is C24H27N2+. The highest BCUT2D eigenvalue weighted by molar-refractivity contribution is 5.78. The van der Waals surface area contributed by atoms with Crippen molar-refractivity contribution in [3.63, 3.8) is 0 Å². The molecule has 0 aliphatic carbocycles. The van der Waals surface area contributed by atoms with Crippen LogP contribution in [-0.2, 0) is 12.5 Å². The summed E-state index contributed by atoms with van der Waals surface area (Å²) in [4.78, 5) is 2.40. The van der Waals surface area contributed by atoms with Crippen LogP contribution in [0.2, 0.25) is 0 Å². The van der Waals surface area contributed by atoms with E-state index in [1.54, 1.807) is 0 Å².